The van der Waals surface area contributed by atoms with Crippen LogP contribution in [0.15, 0.2) is 23.2 Å². The van der Waals surface area contributed by atoms with Crippen molar-refractivity contribution in [2.24, 2.45) is 16.8 Å². The van der Waals surface area contributed by atoms with Gasteiger partial charge in [-0.05, 0) is 43.2 Å². The molecule has 0 bridgehead atoms. The second kappa shape index (κ2) is 7.96. The predicted molar refractivity (Wildman–Crippen MR) is 90.4 cm³/mol. The quantitative estimate of drug-likeness (QED) is 0.665. The first-order valence-corrected chi connectivity index (χ1v) is 8.17. The van der Waals surface area contributed by atoms with Crippen molar-refractivity contribution < 1.29 is 4.39 Å². The van der Waals surface area contributed by atoms with E-state index >= 15 is 0 Å². The highest BCUT2D eigenvalue weighted by molar-refractivity contribution is 5.79. The molecule has 1 aliphatic carbocycles. The molecule has 0 heterocycles. The number of nitrogens with zero attached hydrogens (tertiary/aromatic N) is 2. The molecule has 1 aliphatic rings. The molecular formula is C18H25FN4. The van der Waals surface area contributed by atoms with E-state index in [1.807, 2.05) is 6.07 Å². The van der Waals surface area contributed by atoms with Crippen LogP contribution in [-0.4, -0.2) is 19.0 Å². The number of hydrogen-bond donors (Lipinski definition) is 2. The van der Waals surface area contributed by atoms with E-state index in [2.05, 4.69) is 29.5 Å². The lowest BCUT2D eigenvalue weighted by Crippen LogP contribution is -2.46. The normalized spacial score (nSPS) is 24.8. The maximum absolute atomic E-state index is 13.9. The summed E-state index contributed by atoms with van der Waals surface area (Å²) >= 11 is 0. The summed E-state index contributed by atoms with van der Waals surface area (Å²) in [4.78, 5) is 4.23. The molecule has 1 saturated carbocycles. The van der Waals surface area contributed by atoms with Gasteiger partial charge in [-0.15, -0.1) is 0 Å². The Morgan fingerprint density at radius 3 is 2.57 bits per heavy atom. The lowest BCUT2D eigenvalue weighted by molar-refractivity contribution is 0.255. The van der Waals surface area contributed by atoms with E-state index in [1.54, 1.807) is 19.2 Å². The number of aliphatic imine (C=N–C) groups is 1. The number of nitriles is 1. The van der Waals surface area contributed by atoms with Crippen LogP contribution in [0.3, 0.4) is 0 Å². The fourth-order valence-corrected chi connectivity index (χ4v) is 3.39. The van der Waals surface area contributed by atoms with Gasteiger partial charge in [0, 0.05) is 25.2 Å². The van der Waals surface area contributed by atoms with Crippen LogP contribution in [-0.2, 0) is 6.54 Å². The van der Waals surface area contributed by atoms with Gasteiger partial charge in [0.05, 0.1) is 11.6 Å². The van der Waals surface area contributed by atoms with Crippen LogP contribution in [0, 0.1) is 29.0 Å². The first-order valence-electron chi connectivity index (χ1n) is 8.17. The zero-order valence-electron chi connectivity index (χ0n) is 14.1. The molecule has 0 aromatic heterocycles. The Kier molecular flexibility index (Phi) is 5.97. The van der Waals surface area contributed by atoms with Crippen LogP contribution < -0.4 is 10.6 Å². The molecule has 1 fully saturated rings. The lowest BCUT2D eigenvalue weighted by atomic mass is 9.80. The molecule has 5 heteroatoms. The molecule has 2 N–H and O–H groups in total. The van der Waals surface area contributed by atoms with Gasteiger partial charge >= 0.3 is 0 Å². The third-order valence-electron chi connectivity index (χ3n) is 4.37. The van der Waals surface area contributed by atoms with Crippen molar-refractivity contribution in [1.82, 2.24) is 10.6 Å². The molecule has 124 valence electrons. The van der Waals surface area contributed by atoms with Gasteiger partial charge < -0.3 is 10.6 Å². The summed E-state index contributed by atoms with van der Waals surface area (Å²) in [5.41, 5.74) is 0.858. The first-order chi connectivity index (χ1) is 11.0. The maximum atomic E-state index is 13.9. The van der Waals surface area contributed by atoms with Gasteiger partial charge in [-0.25, -0.2) is 4.39 Å². The largest absolute Gasteiger partial charge is 0.354 e. The zero-order chi connectivity index (χ0) is 16.8. The predicted octanol–water partition coefficient (Wildman–Crippen LogP) is 3.19. The SMILES string of the molecule is CN=C(NCc1ccc(C#N)cc1F)NC1CC(C)CC(C)C1. The summed E-state index contributed by atoms with van der Waals surface area (Å²) in [5.74, 6) is 1.75. The molecule has 0 amide bonds. The van der Waals surface area contributed by atoms with E-state index in [4.69, 9.17) is 5.26 Å². The first kappa shape index (κ1) is 17.3. The number of guanidine groups is 1. The Balaban J connectivity index is 1.92. The summed E-state index contributed by atoms with van der Waals surface area (Å²) in [6, 6.07) is 6.87. The highest BCUT2D eigenvalue weighted by Crippen LogP contribution is 2.28. The van der Waals surface area contributed by atoms with Crippen LogP contribution >= 0.6 is 0 Å². The topological polar surface area (TPSA) is 60.2 Å². The van der Waals surface area contributed by atoms with Crippen LogP contribution in [0.5, 0.6) is 0 Å². The summed E-state index contributed by atoms with van der Waals surface area (Å²) in [6.07, 6.45) is 3.55. The summed E-state index contributed by atoms with van der Waals surface area (Å²) in [5, 5.41) is 15.4. The molecule has 2 atom stereocenters. The molecular weight excluding hydrogens is 291 g/mol. The van der Waals surface area contributed by atoms with Gasteiger partial charge in [-0.1, -0.05) is 19.9 Å². The molecule has 1 aromatic rings. The van der Waals surface area contributed by atoms with Gasteiger partial charge in [0.2, 0.25) is 0 Å². The van der Waals surface area contributed by atoms with Gasteiger partial charge in [-0.2, -0.15) is 5.26 Å². The summed E-state index contributed by atoms with van der Waals surface area (Å²) in [6.45, 7) is 4.91. The van der Waals surface area contributed by atoms with Crippen molar-refractivity contribution in [1.29, 1.82) is 5.26 Å². The van der Waals surface area contributed by atoms with E-state index in [9.17, 15) is 4.39 Å². The van der Waals surface area contributed by atoms with Crippen molar-refractivity contribution in [3.05, 3.63) is 35.1 Å². The van der Waals surface area contributed by atoms with Crippen LogP contribution in [0.25, 0.3) is 0 Å². The van der Waals surface area contributed by atoms with Crippen molar-refractivity contribution in [3.8, 4) is 6.07 Å². The Morgan fingerprint density at radius 2 is 2.00 bits per heavy atom. The maximum Gasteiger partial charge on any atom is 0.191 e. The van der Waals surface area contributed by atoms with Crippen molar-refractivity contribution in [2.75, 3.05) is 7.05 Å². The van der Waals surface area contributed by atoms with E-state index in [0.717, 1.165) is 12.8 Å². The summed E-state index contributed by atoms with van der Waals surface area (Å²) in [7, 11) is 1.72. The molecule has 0 saturated heterocycles. The van der Waals surface area contributed by atoms with Gasteiger partial charge in [0.1, 0.15) is 5.82 Å². The van der Waals surface area contributed by atoms with Crippen LogP contribution in [0.4, 0.5) is 4.39 Å². The second-order valence-corrected chi connectivity index (χ2v) is 6.60. The van der Waals surface area contributed by atoms with Gasteiger partial charge in [-0.3, -0.25) is 4.99 Å². The smallest absolute Gasteiger partial charge is 0.191 e. The third kappa shape index (κ3) is 4.95. The van der Waals surface area contributed by atoms with E-state index < -0.39 is 0 Å². The lowest BCUT2D eigenvalue weighted by Gasteiger charge is -2.32. The van der Waals surface area contributed by atoms with Crippen molar-refractivity contribution >= 4 is 5.96 Å². The molecule has 0 radical (unpaired) electrons. The van der Waals surface area contributed by atoms with Crippen molar-refractivity contribution in [3.63, 3.8) is 0 Å². The molecule has 0 spiro atoms. The fourth-order valence-electron chi connectivity index (χ4n) is 3.39. The monoisotopic (exact) mass is 316 g/mol. The average Bonchev–Trinajstić information content (AvgIpc) is 2.51. The number of nitrogens with one attached hydrogen (secondary N) is 2. The van der Waals surface area contributed by atoms with Crippen molar-refractivity contribution in [2.45, 2.75) is 45.7 Å². The number of halogens is 1. The third-order valence-corrected chi connectivity index (χ3v) is 4.37. The van der Waals surface area contributed by atoms with Gasteiger partial charge in [0.15, 0.2) is 5.96 Å². The molecule has 0 aliphatic heterocycles. The van der Waals surface area contributed by atoms with Crippen LogP contribution in [0.1, 0.15) is 44.2 Å². The average molecular weight is 316 g/mol. The Hall–Kier alpha value is -2.09. The molecule has 4 nitrogen and oxygen atoms in total. The number of hydrogen-bond acceptors (Lipinski definition) is 2. The van der Waals surface area contributed by atoms with Gasteiger partial charge in [0.25, 0.3) is 0 Å². The standard InChI is InChI=1S/C18H25FN4/c1-12-6-13(2)8-16(7-12)23-18(21-3)22-11-15-5-4-14(10-20)9-17(15)19/h4-5,9,12-13,16H,6-8,11H2,1-3H3,(H2,21,22,23). The van der Waals surface area contributed by atoms with E-state index in [0.29, 0.717) is 41.5 Å². The molecule has 2 rings (SSSR count). The Labute approximate surface area is 137 Å². The highest BCUT2D eigenvalue weighted by Gasteiger charge is 2.24. The molecule has 2 unspecified atom stereocenters. The van der Waals surface area contributed by atoms with Crippen LogP contribution in [0.2, 0.25) is 0 Å². The molecule has 23 heavy (non-hydrogen) atoms. The number of benzene rings is 1. The minimum atomic E-state index is -0.369. The Bertz CT molecular complexity index is 596. The summed E-state index contributed by atoms with van der Waals surface area (Å²) < 4.78 is 13.9. The molecule has 1 aromatic carbocycles. The second-order valence-electron chi connectivity index (χ2n) is 6.60. The minimum absolute atomic E-state index is 0.332. The zero-order valence-corrected chi connectivity index (χ0v) is 14.1. The highest BCUT2D eigenvalue weighted by atomic mass is 19.1. The van der Waals surface area contributed by atoms with E-state index in [1.165, 1.54) is 12.5 Å². The number of rotatable bonds is 3. The van der Waals surface area contributed by atoms with E-state index in [-0.39, 0.29) is 5.82 Å². The fraction of sp³-hybridized carbons (Fsp3) is 0.556. The Morgan fingerprint density at radius 1 is 1.30 bits per heavy atom. The minimum Gasteiger partial charge on any atom is -0.354 e.